The maximum atomic E-state index is 13.9. The van der Waals surface area contributed by atoms with Gasteiger partial charge < -0.3 is 9.47 Å². The number of fused-ring (bicyclic) bond motifs is 1. The monoisotopic (exact) mass is 306 g/mol. The second-order valence-electron chi connectivity index (χ2n) is 5.60. The minimum Gasteiger partial charge on any atom is -0.440 e. The van der Waals surface area contributed by atoms with E-state index in [1.165, 1.54) is 6.07 Å². The van der Waals surface area contributed by atoms with E-state index in [9.17, 15) is 4.39 Å². The Labute approximate surface area is 134 Å². The summed E-state index contributed by atoms with van der Waals surface area (Å²) in [6.07, 6.45) is 0. The molecule has 0 N–H and O–H groups in total. The summed E-state index contributed by atoms with van der Waals surface area (Å²) in [4.78, 5) is 0. The average molecular weight is 306 g/mol. The van der Waals surface area contributed by atoms with Gasteiger partial charge >= 0.3 is 5.79 Å². The van der Waals surface area contributed by atoms with Gasteiger partial charge in [0.2, 0.25) is 0 Å². The van der Waals surface area contributed by atoms with Crippen LogP contribution in [0, 0.1) is 12.7 Å². The lowest BCUT2D eigenvalue weighted by molar-refractivity contribution is -0.0459. The second kappa shape index (κ2) is 5.13. The third kappa shape index (κ3) is 2.16. The summed E-state index contributed by atoms with van der Waals surface area (Å²) in [5.74, 6) is -0.424. The topological polar surface area (TPSA) is 18.5 Å². The molecule has 3 heteroatoms. The van der Waals surface area contributed by atoms with Crippen LogP contribution in [0.4, 0.5) is 4.39 Å². The molecule has 114 valence electrons. The maximum absolute atomic E-state index is 13.9. The van der Waals surface area contributed by atoms with Crippen molar-refractivity contribution < 1.29 is 13.9 Å². The molecule has 0 fully saturated rings. The van der Waals surface area contributed by atoms with Gasteiger partial charge in [0.1, 0.15) is 5.82 Å². The first-order valence-corrected chi connectivity index (χ1v) is 7.48. The highest BCUT2D eigenvalue weighted by Gasteiger charge is 2.45. The van der Waals surface area contributed by atoms with Crippen molar-refractivity contribution in [2.24, 2.45) is 0 Å². The molecule has 0 saturated carbocycles. The number of benzene rings is 3. The van der Waals surface area contributed by atoms with E-state index in [2.05, 4.69) is 0 Å². The van der Waals surface area contributed by atoms with Crippen molar-refractivity contribution in [1.29, 1.82) is 0 Å². The van der Waals surface area contributed by atoms with Crippen LogP contribution in [0.2, 0.25) is 0 Å². The van der Waals surface area contributed by atoms with Gasteiger partial charge in [0, 0.05) is 17.2 Å². The van der Waals surface area contributed by atoms with Crippen LogP contribution in [-0.2, 0) is 5.79 Å². The van der Waals surface area contributed by atoms with Gasteiger partial charge in [-0.3, -0.25) is 0 Å². The zero-order valence-electron chi connectivity index (χ0n) is 12.6. The maximum Gasteiger partial charge on any atom is 0.305 e. The van der Waals surface area contributed by atoms with Gasteiger partial charge in [-0.05, 0) is 18.6 Å². The molecule has 23 heavy (non-hydrogen) atoms. The summed E-state index contributed by atoms with van der Waals surface area (Å²) < 4.78 is 26.2. The van der Waals surface area contributed by atoms with Gasteiger partial charge in [0.05, 0.1) is 0 Å². The fraction of sp³-hybridized carbons (Fsp3) is 0.100. The van der Waals surface area contributed by atoms with E-state index in [1.807, 2.05) is 60.7 Å². The van der Waals surface area contributed by atoms with E-state index in [-0.39, 0.29) is 5.82 Å². The molecule has 3 aromatic rings. The normalized spacial score (nSPS) is 14.7. The molecule has 0 amide bonds. The molecular weight excluding hydrogens is 291 g/mol. The molecule has 0 spiro atoms. The Morgan fingerprint density at radius 3 is 1.74 bits per heavy atom. The molecule has 4 rings (SSSR count). The molecule has 0 atom stereocenters. The van der Waals surface area contributed by atoms with Crippen molar-refractivity contribution >= 4 is 0 Å². The molecule has 0 bridgehead atoms. The molecular formula is C20H15FO2. The van der Waals surface area contributed by atoms with Crippen molar-refractivity contribution in [2.75, 3.05) is 0 Å². The summed E-state index contributed by atoms with van der Waals surface area (Å²) in [5, 5.41) is 0. The van der Waals surface area contributed by atoms with E-state index in [4.69, 9.17) is 9.47 Å². The lowest BCUT2D eigenvalue weighted by Gasteiger charge is -2.28. The highest BCUT2D eigenvalue weighted by Crippen LogP contribution is 2.48. The first kappa shape index (κ1) is 13.8. The van der Waals surface area contributed by atoms with Crippen LogP contribution in [-0.4, -0.2) is 0 Å². The molecule has 0 aromatic heterocycles. The van der Waals surface area contributed by atoms with Crippen LogP contribution in [0.15, 0.2) is 72.8 Å². The highest BCUT2D eigenvalue weighted by atomic mass is 19.1. The predicted octanol–water partition coefficient (Wildman–Crippen LogP) is 4.81. The number of rotatable bonds is 2. The fourth-order valence-corrected chi connectivity index (χ4v) is 2.84. The van der Waals surface area contributed by atoms with Crippen molar-refractivity contribution in [3.8, 4) is 11.5 Å². The van der Waals surface area contributed by atoms with Crippen LogP contribution in [0.3, 0.4) is 0 Å². The minimum absolute atomic E-state index is 0.302. The number of halogens is 1. The van der Waals surface area contributed by atoms with Gasteiger partial charge in [0.25, 0.3) is 0 Å². The Morgan fingerprint density at radius 2 is 1.22 bits per heavy atom. The molecule has 2 nitrogen and oxygen atoms in total. The lowest BCUT2D eigenvalue weighted by Crippen LogP contribution is -2.36. The van der Waals surface area contributed by atoms with Gasteiger partial charge in [-0.2, -0.15) is 0 Å². The van der Waals surface area contributed by atoms with Crippen molar-refractivity contribution in [2.45, 2.75) is 12.7 Å². The molecule has 1 aliphatic heterocycles. The third-order valence-corrected chi connectivity index (χ3v) is 4.04. The quantitative estimate of drug-likeness (QED) is 0.676. The van der Waals surface area contributed by atoms with Crippen LogP contribution in [0.5, 0.6) is 11.5 Å². The molecule has 1 heterocycles. The van der Waals surface area contributed by atoms with E-state index in [1.54, 1.807) is 13.0 Å². The van der Waals surface area contributed by atoms with Crippen LogP contribution >= 0.6 is 0 Å². The molecule has 3 aromatic carbocycles. The van der Waals surface area contributed by atoms with Crippen molar-refractivity contribution in [3.05, 3.63) is 95.3 Å². The first-order chi connectivity index (χ1) is 11.2. The van der Waals surface area contributed by atoms with Gasteiger partial charge in [-0.25, -0.2) is 4.39 Å². The van der Waals surface area contributed by atoms with Gasteiger partial charge in [-0.15, -0.1) is 0 Å². The fourth-order valence-electron chi connectivity index (χ4n) is 2.84. The summed E-state index contributed by atoms with van der Waals surface area (Å²) >= 11 is 0. The summed E-state index contributed by atoms with van der Waals surface area (Å²) in [5.41, 5.74) is 2.25. The molecule has 0 saturated heterocycles. The number of aryl methyl sites for hydroxylation is 1. The van der Waals surface area contributed by atoms with Crippen molar-refractivity contribution in [3.63, 3.8) is 0 Å². The second-order valence-corrected chi connectivity index (χ2v) is 5.60. The van der Waals surface area contributed by atoms with E-state index >= 15 is 0 Å². The minimum atomic E-state index is -1.09. The lowest BCUT2D eigenvalue weighted by atomic mass is 9.97. The van der Waals surface area contributed by atoms with Crippen molar-refractivity contribution in [1.82, 2.24) is 0 Å². The van der Waals surface area contributed by atoms with E-state index < -0.39 is 5.79 Å². The van der Waals surface area contributed by atoms with Crippen LogP contribution < -0.4 is 9.47 Å². The Morgan fingerprint density at radius 1 is 0.739 bits per heavy atom. The summed E-state index contributed by atoms with van der Waals surface area (Å²) in [7, 11) is 0. The molecule has 0 aliphatic carbocycles. The average Bonchev–Trinajstić information content (AvgIpc) is 2.96. The van der Waals surface area contributed by atoms with Gasteiger partial charge in [0.15, 0.2) is 11.5 Å². The number of hydrogen-bond donors (Lipinski definition) is 0. The highest BCUT2D eigenvalue weighted by molar-refractivity contribution is 5.50. The zero-order valence-corrected chi connectivity index (χ0v) is 12.6. The molecule has 0 radical (unpaired) electrons. The summed E-state index contributed by atoms with van der Waals surface area (Å²) in [6, 6.07) is 22.5. The molecule has 0 unspecified atom stereocenters. The Hall–Kier alpha value is -2.81. The number of ether oxygens (including phenoxy) is 2. The van der Waals surface area contributed by atoms with Crippen LogP contribution in [0.25, 0.3) is 0 Å². The third-order valence-electron chi connectivity index (χ3n) is 4.04. The predicted molar refractivity (Wildman–Crippen MR) is 86.1 cm³/mol. The zero-order chi connectivity index (χ0) is 15.9. The first-order valence-electron chi connectivity index (χ1n) is 7.48. The summed E-state index contributed by atoms with van der Waals surface area (Å²) in [6.45, 7) is 1.71. The molecule has 1 aliphatic rings. The standard InChI is InChI=1S/C20H15FO2/c1-14-12-18-19(13-17(14)21)23-20(22-18,15-8-4-2-5-9-15)16-10-6-3-7-11-16/h2-13H,1H3. The Kier molecular flexibility index (Phi) is 3.08. The SMILES string of the molecule is Cc1cc2c(cc1F)OC(c1ccccc1)(c1ccccc1)O2. The largest absolute Gasteiger partial charge is 0.440 e. The Bertz CT molecular complexity index is 772. The Balaban J connectivity index is 1.90. The van der Waals surface area contributed by atoms with Gasteiger partial charge in [-0.1, -0.05) is 60.7 Å². The van der Waals surface area contributed by atoms with E-state index in [0.29, 0.717) is 17.1 Å². The van der Waals surface area contributed by atoms with E-state index in [0.717, 1.165) is 11.1 Å². The number of hydrogen-bond acceptors (Lipinski definition) is 2. The smallest absolute Gasteiger partial charge is 0.305 e. The van der Waals surface area contributed by atoms with Crippen LogP contribution in [0.1, 0.15) is 16.7 Å².